The topological polar surface area (TPSA) is 68.7 Å². The van der Waals surface area contributed by atoms with Crippen molar-refractivity contribution >= 4 is 23.2 Å². The molecule has 0 aliphatic rings. The Balaban J connectivity index is 2.95. The molecule has 0 N–H and O–H groups in total. The van der Waals surface area contributed by atoms with Crippen molar-refractivity contribution in [2.75, 3.05) is 33.9 Å². The summed E-state index contributed by atoms with van der Waals surface area (Å²) in [5.74, 6) is -0.451. The van der Waals surface area contributed by atoms with Gasteiger partial charge in [0.25, 0.3) is 5.91 Å². The number of aromatic nitrogens is 1. The molecule has 1 heterocycles. The molecule has 7 heteroatoms. The van der Waals surface area contributed by atoms with Crippen molar-refractivity contribution in [1.29, 1.82) is 0 Å². The number of carbonyl (C=O) groups excluding carboxylic acids is 2. The monoisotopic (exact) mass is 342 g/mol. The number of ether oxygens (including phenoxy) is 2. The normalized spacial score (nSPS) is 11.4. The minimum Gasteiger partial charge on any atom is -0.469 e. The average molecular weight is 342 g/mol. The second-order valence-corrected chi connectivity index (χ2v) is 7.29. The Hall–Kier alpha value is -1.47. The van der Waals surface area contributed by atoms with Gasteiger partial charge in [-0.1, -0.05) is 20.8 Å². The van der Waals surface area contributed by atoms with Crippen LogP contribution in [0.5, 0.6) is 0 Å². The molecule has 0 saturated carbocycles. The Labute approximate surface area is 141 Å². The smallest absolute Gasteiger partial charge is 0.307 e. The highest BCUT2D eigenvalue weighted by Gasteiger charge is 2.26. The first-order valence-electron chi connectivity index (χ1n) is 7.53. The second kappa shape index (κ2) is 8.40. The van der Waals surface area contributed by atoms with Gasteiger partial charge in [0.2, 0.25) is 0 Å². The summed E-state index contributed by atoms with van der Waals surface area (Å²) in [6.45, 7) is 9.19. The molecule has 0 aliphatic carbocycles. The number of aryl methyl sites for hydroxylation is 1. The molecule has 0 saturated heterocycles. The molecule has 0 spiro atoms. The highest BCUT2D eigenvalue weighted by Crippen LogP contribution is 2.29. The van der Waals surface area contributed by atoms with Gasteiger partial charge in [0.05, 0.1) is 30.8 Å². The van der Waals surface area contributed by atoms with Crippen LogP contribution in [0.4, 0.5) is 0 Å². The fourth-order valence-corrected chi connectivity index (χ4v) is 3.00. The van der Waals surface area contributed by atoms with E-state index in [1.54, 1.807) is 12.0 Å². The fraction of sp³-hybridized carbons (Fsp3) is 0.688. The van der Waals surface area contributed by atoms with E-state index in [2.05, 4.69) is 30.5 Å². The van der Waals surface area contributed by atoms with E-state index in [9.17, 15) is 9.59 Å². The first-order valence-corrected chi connectivity index (χ1v) is 8.35. The molecule has 0 aromatic carbocycles. The molecule has 0 aliphatic heterocycles. The average Bonchev–Trinajstić information content (AvgIpc) is 2.88. The SMILES string of the molecule is COCCN(CCC(=O)OC)C(=O)c1sc(C(C)(C)C)nc1C. The van der Waals surface area contributed by atoms with Crippen molar-refractivity contribution in [3.8, 4) is 0 Å². The van der Waals surface area contributed by atoms with E-state index in [-0.39, 0.29) is 23.7 Å². The van der Waals surface area contributed by atoms with Crippen molar-refractivity contribution in [1.82, 2.24) is 9.88 Å². The first kappa shape index (κ1) is 19.6. The molecule has 6 nitrogen and oxygen atoms in total. The molecular weight excluding hydrogens is 316 g/mol. The van der Waals surface area contributed by atoms with Crippen LogP contribution in [0.25, 0.3) is 0 Å². The van der Waals surface area contributed by atoms with E-state index in [0.29, 0.717) is 24.6 Å². The summed E-state index contributed by atoms with van der Waals surface area (Å²) in [5.41, 5.74) is 0.627. The molecule has 0 radical (unpaired) electrons. The minimum absolute atomic E-state index is 0.0999. The standard InChI is InChI=1S/C16H26N2O4S/c1-11-13(23-15(17-11)16(2,3)4)14(20)18(9-10-21-5)8-7-12(19)22-6/h7-10H2,1-6H3. The number of amides is 1. The third-order valence-corrected chi connectivity index (χ3v) is 4.87. The number of carbonyl (C=O) groups is 2. The van der Waals surface area contributed by atoms with Crippen molar-refractivity contribution in [3.05, 3.63) is 15.6 Å². The van der Waals surface area contributed by atoms with E-state index in [0.717, 1.165) is 10.7 Å². The number of rotatable bonds is 7. The Kier molecular flexibility index (Phi) is 7.15. The maximum absolute atomic E-state index is 12.8. The van der Waals surface area contributed by atoms with Crippen LogP contribution in [0.3, 0.4) is 0 Å². The lowest BCUT2D eigenvalue weighted by Gasteiger charge is -2.21. The zero-order valence-corrected chi connectivity index (χ0v) is 15.6. The predicted molar refractivity (Wildman–Crippen MR) is 90.0 cm³/mol. The number of hydrogen-bond acceptors (Lipinski definition) is 6. The van der Waals surface area contributed by atoms with Gasteiger partial charge in [-0.25, -0.2) is 4.98 Å². The van der Waals surface area contributed by atoms with Crippen LogP contribution in [0.2, 0.25) is 0 Å². The number of nitrogens with zero attached hydrogens (tertiary/aromatic N) is 2. The van der Waals surface area contributed by atoms with Gasteiger partial charge in [-0.05, 0) is 6.92 Å². The third-order valence-electron chi connectivity index (χ3n) is 3.30. The molecule has 1 aromatic rings. The van der Waals surface area contributed by atoms with Gasteiger partial charge in [0.15, 0.2) is 0 Å². The van der Waals surface area contributed by atoms with E-state index in [1.165, 1.54) is 18.4 Å². The van der Waals surface area contributed by atoms with E-state index < -0.39 is 0 Å². The lowest BCUT2D eigenvalue weighted by Crippen LogP contribution is -2.35. The summed E-state index contributed by atoms with van der Waals surface area (Å²) in [7, 11) is 2.92. The molecule has 0 bridgehead atoms. The van der Waals surface area contributed by atoms with Crippen molar-refractivity contribution < 1.29 is 19.1 Å². The van der Waals surface area contributed by atoms with Crippen LogP contribution in [0.15, 0.2) is 0 Å². The molecule has 1 aromatic heterocycles. The maximum atomic E-state index is 12.8. The summed E-state index contributed by atoms with van der Waals surface area (Å²) in [6.07, 6.45) is 0.163. The van der Waals surface area contributed by atoms with Crippen LogP contribution in [0.1, 0.15) is 47.6 Å². The summed E-state index contributed by atoms with van der Waals surface area (Å²) in [6, 6.07) is 0. The molecule has 1 amide bonds. The lowest BCUT2D eigenvalue weighted by atomic mass is 9.98. The lowest BCUT2D eigenvalue weighted by molar-refractivity contribution is -0.140. The van der Waals surface area contributed by atoms with Crippen molar-refractivity contribution in [2.24, 2.45) is 0 Å². The highest BCUT2D eigenvalue weighted by molar-refractivity contribution is 7.14. The van der Waals surface area contributed by atoms with Gasteiger partial charge >= 0.3 is 5.97 Å². The molecule has 0 unspecified atom stereocenters. The van der Waals surface area contributed by atoms with Crippen LogP contribution >= 0.6 is 11.3 Å². The molecule has 0 atom stereocenters. The van der Waals surface area contributed by atoms with E-state index in [4.69, 9.17) is 4.74 Å². The minimum atomic E-state index is -0.336. The summed E-state index contributed by atoms with van der Waals surface area (Å²) >= 11 is 1.42. The summed E-state index contributed by atoms with van der Waals surface area (Å²) < 4.78 is 9.70. The largest absolute Gasteiger partial charge is 0.469 e. The highest BCUT2D eigenvalue weighted by atomic mass is 32.1. The Bertz CT molecular complexity index is 549. The maximum Gasteiger partial charge on any atom is 0.307 e. The fourth-order valence-electron chi connectivity index (χ4n) is 1.90. The van der Waals surface area contributed by atoms with Gasteiger partial charge in [-0.15, -0.1) is 11.3 Å². The number of hydrogen-bond donors (Lipinski definition) is 0. The zero-order valence-electron chi connectivity index (χ0n) is 14.8. The van der Waals surface area contributed by atoms with Gasteiger partial charge in [0, 0.05) is 25.6 Å². The summed E-state index contributed by atoms with van der Waals surface area (Å²) in [5, 5.41) is 0.929. The molecule has 23 heavy (non-hydrogen) atoms. The van der Waals surface area contributed by atoms with Crippen LogP contribution in [0, 0.1) is 6.92 Å². The Morgan fingerprint density at radius 1 is 1.22 bits per heavy atom. The molecule has 130 valence electrons. The van der Waals surface area contributed by atoms with Gasteiger partial charge in [-0.3, -0.25) is 9.59 Å². The molecule has 1 rings (SSSR count). The number of thiazole rings is 1. The zero-order chi connectivity index (χ0) is 17.6. The van der Waals surface area contributed by atoms with Gasteiger partial charge in [0.1, 0.15) is 4.88 Å². The first-order chi connectivity index (χ1) is 10.7. The van der Waals surface area contributed by atoms with Crippen molar-refractivity contribution in [3.63, 3.8) is 0 Å². The quantitative estimate of drug-likeness (QED) is 0.712. The second-order valence-electron chi connectivity index (χ2n) is 6.29. The Morgan fingerprint density at radius 2 is 1.87 bits per heavy atom. The van der Waals surface area contributed by atoms with Crippen LogP contribution < -0.4 is 0 Å². The van der Waals surface area contributed by atoms with Crippen molar-refractivity contribution in [2.45, 2.75) is 39.5 Å². The number of esters is 1. The predicted octanol–water partition coefficient (Wildman–Crippen LogP) is 2.40. The van der Waals surface area contributed by atoms with E-state index in [1.807, 2.05) is 6.92 Å². The Morgan fingerprint density at radius 3 is 2.35 bits per heavy atom. The van der Waals surface area contributed by atoms with Crippen LogP contribution in [-0.2, 0) is 19.7 Å². The molecule has 0 fully saturated rings. The van der Waals surface area contributed by atoms with Gasteiger partial charge in [-0.2, -0.15) is 0 Å². The number of methoxy groups -OCH3 is 2. The molecular formula is C16H26N2O4S. The third kappa shape index (κ3) is 5.58. The van der Waals surface area contributed by atoms with Gasteiger partial charge < -0.3 is 14.4 Å². The summed E-state index contributed by atoms with van der Waals surface area (Å²) in [4.78, 5) is 30.9. The van der Waals surface area contributed by atoms with Crippen LogP contribution in [-0.4, -0.2) is 55.7 Å². The van der Waals surface area contributed by atoms with E-state index >= 15 is 0 Å².